The van der Waals surface area contributed by atoms with Gasteiger partial charge in [-0.25, -0.2) is 0 Å². The number of anilines is 2. The molecule has 324 valence electrons. The van der Waals surface area contributed by atoms with Crippen molar-refractivity contribution in [3.05, 3.63) is 95.6 Å². The average molecular weight is 815 g/mol. The van der Waals surface area contributed by atoms with Gasteiger partial charge in [0.2, 0.25) is 0 Å². The lowest BCUT2D eigenvalue weighted by molar-refractivity contribution is -0.0559. The Labute approximate surface area is 361 Å². The summed E-state index contributed by atoms with van der Waals surface area (Å²) >= 11 is 0. The average Bonchev–Trinajstić information content (AvgIpc) is 3.59. The first-order chi connectivity index (χ1) is 28.9. The fraction of sp³-hybridized carbons (Fsp3) is 0.574. The van der Waals surface area contributed by atoms with E-state index in [1.807, 2.05) is 60.7 Å². The Morgan fingerprint density at radius 2 is 1.52 bits per heavy atom. The van der Waals surface area contributed by atoms with E-state index < -0.39 is 0 Å². The second kappa shape index (κ2) is 19.7. The number of carbonyl (C=O) groups is 1. The molecule has 4 aliphatic carbocycles. The largest absolute Gasteiger partial charge is 0.494 e. The summed E-state index contributed by atoms with van der Waals surface area (Å²) in [4.78, 5) is 13.1. The first kappa shape index (κ1) is 43.9. The number of ketones is 1. The first-order valence-corrected chi connectivity index (χ1v) is 23.6. The van der Waals surface area contributed by atoms with Crippen molar-refractivity contribution in [2.24, 2.45) is 46.3 Å². The van der Waals surface area contributed by atoms with E-state index in [4.69, 9.17) is 25.7 Å². The molecule has 3 saturated carbocycles. The highest BCUT2D eigenvalue weighted by atomic mass is 16.5. The lowest BCUT2D eigenvalue weighted by atomic mass is 9.47. The van der Waals surface area contributed by atoms with E-state index in [-0.39, 0.29) is 11.9 Å². The van der Waals surface area contributed by atoms with Crippen LogP contribution in [0.2, 0.25) is 0 Å². The topological polar surface area (TPSA) is 96.8 Å². The maximum Gasteiger partial charge on any atom is 0.185 e. The summed E-state index contributed by atoms with van der Waals surface area (Å²) in [6, 6.07) is 21.0. The number of nitrogen functional groups attached to an aromatic ring is 2. The molecule has 6 heteroatoms. The normalized spacial score (nSPS) is 27.8. The van der Waals surface area contributed by atoms with E-state index in [9.17, 15) is 4.79 Å². The molecule has 7 rings (SSSR count). The molecule has 60 heavy (non-hydrogen) atoms. The van der Waals surface area contributed by atoms with Crippen molar-refractivity contribution in [1.29, 1.82) is 0 Å². The Balaban J connectivity index is 0.824. The molecule has 8 atom stereocenters. The van der Waals surface area contributed by atoms with Gasteiger partial charge >= 0.3 is 0 Å². The predicted octanol–water partition coefficient (Wildman–Crippen LogP) is 13.6. The Kier molecular flexibility index (Phi) is 14.4. The number of hydrogen-bond acceptors (Lipinski definition) is 6. The molecule has 0 spiro atoms. The van der Waals surface area contributed by atoms with Crippen LogP contribution in [0.15, 0.2) is 84.5 Å². The van der Waals surface area contributed by atoms with Crippen molar-refractivity contribution in [3.63, 3.8) is 0 Å². The van der Waals surface area contributed by atoms with Gasteiger partial charge in [0.25, 0.3) is 0 Å². The van der Waals surface area contributed by atoms with Crippen LogP contribution in [0.25, 0.3) is 6.08 Å². The molecule has 4 aliphatic rings. The lowest BCUT2D eigenvalue weighted by Gasteiger charge is -2.58. The third-order valence-corrected chi connectivity index (χ3v) is 15.6. The van der Waals surface area contributed by atoms with Crippen molar-refractivity contribution >= 4 is 23.2 Å². The molecule has 0 saturated heterocycles. The molecule has 3 aromatic rings. The van der Waals surface area contributed by atoms with Crippen LogP contribution in [-0.2, 0) is 0 Å². The summed E-state index contributed by atoms with van der Waals surface area (Å²) in [5.74, 6) is 7.50. The van der Waals surface area contributed by atoms with Crippen LogP contribution in [0.3, 0.4) is 0 Å². The van der Waals surface area contributed by atoms with Crippen LogP contribution in [0.4, 0.5) is 11.4 Å². The number of hydrogen-bond donors (Lipinski definition) is 2. The van der Waals surface area contributed by atoms with Crippen molar-refractivity contribution < 1.29 is 19.0 Å². The minimum absolute atomic E-state index is 0.0164. The summed E-state index contributed by atoms with van der Waals surface area (Å²) in [5.41, 5.74) is 17.0. The molecule has 0 bridgehead atoms. The van der Waals surface area contributed by atoms with Gasteiger partial charge in [0.05, 0.1) is 18.9 Å². The fourth-order valence-corrected chi connectivity index (χ4v) is 12.2. The molecule has 0 aliphatic heterocycles. The minimum Gasteiger partial charge on any atom is -0.494 e. The smallest absolute Gasteiger partial charge is 0.185 e. The zero-order valence-electron chi connectivity index (χ0n) is 37.4. The Morgan fingerprint density at radius 1 is 0.783 bits per heavy atom. The number of rotatable bonds is 19. The second-order valence-electron chi connectivity index (χ2n) is 20.0. The maximum absolute atomic E-state index is 13.1. The zero-order valence-corrected chi connectivity index (χ0v) is 37.4. The standard InChI is InChI=1S/C54H74N2O4/c1-37(2)11-10-12-38(3)47-25-26-48-46-24-18-41-35-45(29-31-53(41,4)49(46)30-32-54(47,48)5)60-44-22-16-40(17-23-44)51(57)27-15-39-13-20-43(21-14-39)58-33-8-6-7-9-34-59-52-28-19-42(55)36-50(52)56/h13-23,27-28,36-38,45-49H,6-12,24-26,29-35,55-56H2,1-5H3/t38-,45?,46?,47-,48?,49?,53+,54-/m1/s1. The van der Waals surface area contributed by atoms with E-state index >= 15 is 0 Å². The van der Waals surface area contributed by atoms with Gasteiger partial charge in [-0.1, -0.05) is 83.7 Å². The molecule has 3 aromatic carbocycles. The minimum atomic E-state index is -0.0164. The number of unbranched alkanes of at least 4 members (excludes halogenated alkanes) is 3. The summed E-state index contributed by atoms with van der Waals surface area (Å²) < 4.78 is 18.3. The highest BCUT2D eigenvalue weighted by Gasteiger charge is 2.59. The van der Waals surface area contributed by atoms with E-state index in [0.29, 0.717) is 46.7 Å². The number of nitrogens with two attached hydrogens (primary N) is 2. The van der Waals surface area contributed by atoms with Crippen LogP contribution < -0.4 is 25.7 Å². The van der Waals surface area contributed by atoms with Crippen molar-refractivity contribution in [3.8, 4) is 17.2 Å². The van der Waals surface area contributed by atoms with E-state index in [1.165, 1.54) is 57.8 Å². The van der Waals surface area contributed by atoms with Crippen molar-refractivity contribution in [2.75, 3.05) is 24.7 Å². The molecule has 4 unspecified atom stereocenters. The van der Waals surface area contributed by atoms with Gasteiger partial charge in [0, 0.05) is 17.7 Å². The third kappa shape index (κ3) is 10.3. The van der Waals surface area contributed by atoms with Gasteiger partial charge in [-0.3, -0.25) is 4.79 Å². The summed E-state index contributed by atoms with van der Waals surface area (Å²) in [5, 5.41) is 0. The van der Waals surface area contributed by atoms with E-state index in [1.54, 1.807) is 23.8 Å². The molecule has 0 heterocycles. The highest BCUT2D eigenvalue weighted by molar-refractivity contribution is 6.06. The number of fused-ring (bicyclic) bond motifs is 5. The van der Waals surface area contributed by atoms with Crippen molar-refractivity contribution in [1.82, 2.24) is 0 Å². The maximum atomic E-state index is 13.1. The lowest BCUT2D eigenvalue weighted by Crippen LogP contribution is -2.51. The van der Waals surface area contributed by atoms with Gasteiger partial charge in [-0.15, -0.1) is 0 Å². The van der Waals surface area contributed by atoms with Crippen LogP contribution in [0.5, 0.6) is 17.2 Å². The molecule has 0 aromatic heterocycles. The zero-order chi connectivity index (χ0) is 42.3. The second-order valence-corrected chi connectivity index (χ2v) is 20.0. The van der Waals surface area contributed by atoms with Gasteiger partial charge in [0.1, 0.15) is 23.4 Å². The number of benzene rings is 3. The van der Waals surface area contributed by atoms with Crippen LogP contribution in [-0.4, -0.2) is 25.1 Å². The number of ether oxygens (including phenoxy) is 3. The molecule has 6 nitrogen and oxygen atoms in total. The monoisotopic (exact) mass is 815 g/mol. The Bertz CT molecular complexity index is 1930. The van der Waals surface area contributed by atoms with Crippen LogP contribution >= 0.6 is 0 Å². The number of carbonyl (C=O) groups excluding carboxylic acids is 1. The van der Waals surface area contributed by atoms with Crippen LogP contribution in [0, 0.1) is 46.3 Å². The molecular formula is C54H74N2O4. The van der Waals surface area contributed by atoms with Gasteiger partial charge < -0.3 is 25.7 Å². The summed E-state index contributed by atoms with van der Waals surface area (Å²) in [6.45, 7) is 13.9. The SMILES string of the molecule is CC(C)CCC[C@@H](C)[C@H]1CCC2C3CC=C4CC(Oc5ccc(C(=O)C=Cc6ccc(OCCCCCCOc7ccc(N)cc7N)cc6)cc5)CC[C@]4(C)C3CC[C@@]21C. The Morgan fingerprint density at radius 3 is 2.25 bits per heavy atom. The van der Waals surface area contributed by atoms with Gasteiger partial charge in [0.15, 0.2) is 5.78 Å². The van der Waals surface area contributed by atoms with Gasteiger partial charge in [-0.05, 0) is 183 Å². The van der Waals surface area contributed by atoms with E-state index in [0.717, 1.165) is 91.1 Å². The number of allylic oxidation sites excluding steroid dienone is 2. The van der Waals surface area contributed by atoms with E-state index in [2.05, 4.69) is 40.7 Å². The molecule has 4 N–H and O–H groups in total. The molecular weight excluding hydrogens is 741 g/mol. The van der Waals surface area contributed by atoms with Crippen LogP contribution in [0.1, 0.15) is 147 Å². The molecule has 0 amide bonds. The quantitative estimate of drug-likeness (QED) is 0.0411. The predicted molar refractivity (Wildman–Crippen MR) is 248 cm³/mol. The first-order valence-electron chi connectivity index (χ1n) is 23.6. The van der Waals surface area contributed by atoms with Crippen molar-refractivity contribution in [2.45, 2.75) is 137 Å². The summed E-state index contributed by atoms with van der Waals surface area (Å²) in [6.07, 6.45) is 25.0. The van der Waals surface area contributed by atoms with Gasteiger partial charge in [-0.2, -0.15) is 0 Å². The third-order valence-electron chi connectivity index (χ3n) is 15.6. The molecule has 3 fully saturated rings. The highest BCUT2D eigenvalue weighted by Crippen LogP contribution is 2.67. The Hall–Kier alpha value is -4.19. The molecule has 0 radical (unpaired) electrons. The fourth-order valence-electron chi connectivity index (χ4n) is 12.2. The summed E-state index contributed by atoms with van der Waals surface area (Å²) in [7, 11) is 0.